The van der Waals surface area contributed by atoms with E-state index in [0.29, 0.717) is 12.3 Å². The van der Waals surface area contributed by atoms with Crippen molar-refractivity contribution < 1.29 is 13.0 Å². The molecule has 1 aromatic carbocycles. The average Bonchev–Trinajstić information content (AvgIpc) is 2.85. The molecule has 120 valence electrons. The first-order valence-corrected chi connectivity index (χ1v) is 9.00. The summed E-state index contributed by atoms with van der Waals surface area (Å²) in [6.45, 7) is 5.87. The summed E-state index contributed by atoms with van der Waals surface area (Å²) in [5, 5.41) is 3.36. The van der Waals surface area contributed by atoms with Crippen LogP contribution >= 0.6 is 0 Å². The Morgan fingerprint density at radius 2 is 1.95 bits per heavy atom. The van der Waals surface area contributed by atoms with Crippen molar-refractivity contribution in [3.8, 4) is 0 Å². The number of likely N-dealkylation sites (tertiary alicyclic amines) is 1. The van der Waals surface area contributed by atoms with Crippen molar-refractivity contribution in [3.63, 3.8) is 0 Å². The Morgan fingerprint density at radius 3 is 2.48 bits per heavy atom. The van der Waals surface area contributed by atoms with Gasteiger partial charge < -0.3 is 5.32 Å². The van der Waals surface area contributed by atoms with Gasteiger partial charge in [-0.2, -0.15) is 8.42 Å². The van der Waals surface area contributed by atoms with Crippen LogP contribution in [0.4, 0.5) is 0 Å². The second-order valence-corrected chi connectivity index (χ2v) is 7.05. The van der Waals surface area contributed by atoms with Crippen molar-refractivity contribution in [1.82, 2.24) is 10.2 Å². The summed E-state index contributed by atoms with van der Waals surface area (Å²) in [4.78, 5) is 2.56. The van der Waals surface area contributed by atoms with E-state index in [9.17, 15) is 8.42 Å². The van der Waals surface area contributed by atoms with Gasteiger partial charge in [0.2, 0.25) is 0 Å². The van der Waals surface area contributed by atoms with E-state index in [1.165, 1.54) is 25.1 Å². The van der Waals surface area contributed by atoms with Gasteiger partial charge >= 0.3 is 0 Å². The number of rotatable bonds is 4. The lowest BCUT2D eigenvalue weighted by Gasteiger charge is -2.20. The molecule has 0 aromatic heterocycles. The molecule has 0 amide bonds. The summed E-state index contributed by atoms with van der Waals surface area (Å²) < 4.78 is 25.9. The minimum Gasteiger partial charge on any atom is -0.317 e. The van der Waals surface area contributed by atoms with E-state index < -0.39 is 10.1 Å². The van der Waals surface area contributed by atoms with E-state index in [1.807, 2.05) is 0 Å². The summed E-state index contributed by atoms with van der Waals surface area (Å²) in [6.07, 6.45) is 2.04. The van der Waals surface area contributed by atoms with E-state index in [0.717, 1.165) is 12.5 Å². The Morgan fingerprint density at radius 1 is 1.38 bits per heavy atom. The molecule has 21 heavy (non-hydrogen) atoms. The Bertz CT molecular complexity index is 497. The SMILES string of the molecule is CN[C@H](C)[C@@H]1CCN(Cc2ccccc2)C1.CS(=O)(=O)O. The smallest absolute Gasteiger partial charge is 0.261 e. The van der Waals surface area contributed by atoms with Crippen molar-refractivity contribution >= 4 is 10.1 Å². The summed E-state index contributed by atoms with van der Waals surface area (Å²) >= 11 is 0. The molecule has 2 atom stereocenters. The molecule has 0 spiro atoms. The molecular formula is C15H26N2O3S. The zero-order valence-corrected chi connectivity index (χ0v) is 13.8. The monoisotopic (exact) mass is 314 g/mol. The Kier molecular flexibility index (Phi) is 7.31. The van der Waals surface area contributed by atoms with Crippen molar-refractivity contribution in [1.29, 1.82) is 0 Å². The summed E-state index contributed by atoms with van der Waals surface area (Å²) in [7, 11) is -1.61. The lowest BCUT2D eigenvalue weighted by atomic mass is 10.0. The van der Waals surface area contributed by atoms with Gasteiger partial charge in [-0.3, -0.25) is 9.45 Å². The molecule has 1 aliphatic heterocycles. The summed E-state index contributed by atoms with van der Waals surface area (Å²) in [6, 6.07) is 11.4. The summed E-state index contributed by atoms with van der Waals surface area (Å²) in [5.74, 6) is 0.814. The third-order valence-corrected chi connectivity index (χ3v) is 3.72. The number of benzene rings is 1. The predicted molar refractivity (Wildman–Crippen MR) is 85.8 cm³/mol. The van der Waals surface area contributed by atoms with E-state index >= 15 is 0 Å². The molecule has 1 aliphatic rings. The van der Waals surface area contributed by atoms with Gasteiger partial charge in [0.25, 0.3) is 10.1 Å². The van der Waals surface area contributed by atoms with Crippen molar-refractivity contribution in [2.24, 2.45) is 5.92 Å². The third kappa shape index (κ3) is 8.16. The van der Waals surface area contributed by atoms with Gasteiger partial charge in [-0.05, 0) is 38.4 Å². The van der Waals surface area contributed by atoms with Gasteiger partial charge in [0.05, 0.1) is 6.26 Å². The maximum atomic E-state index is 9.19. The highest BCUT2D eigenvalue weighted by atomic mass is 32.2. The third-order valence-electron chi connectivity index (χ3n) is 3.72. The first kappa shape index (κ1) is 18.1. The average molecular weight is 314 g/mol. The fourth-order valence-electron chi connectivity index (χ4n) is 2.49. The quantitative estimate of drug-likeness (QED) is 0.827. The lowest BCUT2D eigenvalue weighted by Crippen LogP contribution is -2.32. The minimum atomic E-state index is -3.67. The van der Waals surface area contributed by atoms with Crippen molar-refractivity contribution in [2.75, 3.05) is 26.4 Å². The summed E-state index contributed by atoms with van der Waals surface area (Å²) in [5.41, 5.74) is 1.43. The number of nitrogens with one attached hydrogen (secondary N) is 1. The Labute approximate surface area is 128 Å². The zero-order valence-electron chi connectivity index (χ0n) is 13.0. The molecule has 1 aromatic rings. The molecule has 1 fully saturated rings. The Hall–Kier alpha value is -0.950. The molecule has 1 saturated heterocycles. The van der Waals surface area contributed by atoms with Crippen LogP contribution < -0.4 is 5.32 Å². The molecule has 0 unspecified atom stereocenters. The molecule has 6 heteroatoms. The van der Waals surface area contributed by atoms with E-state index in [1.54, 1.807) is 0 Å². The number of hydrogen-bond acceptors (Lipinski definition) is 4. The predicted octanol–water partition coefficient (Wildman–Crippen LogP) is 1.62. The van der Waals surface area contributed by atoms with Crippen LogP contribution in [0.2, 0.25) is 0 Å². The van der Waals surface area contributed by atoms with Crippen LogP contribution in [0.5, 0.6) is 0 Å². The molecule has 0 radical (unpaired) electrons. The molecular weight excluding hydrogens is 288 g/mol. The molecule has 0 aliphatic carbocycles. The van der Waals surface area contributed by atoms with Crippen molar-refractivity contribution in [3.05, 3.63) is 35.9 Å². The molecule has 2 rings (SSSR count). The maximum absolute atomic E-state index is 9.19. The first-order chi connectivity index (χ1) is 9.79. The van der Waals surface area contributed by atoms with Gasteiger partial charge in [-0.25, -0.2) is 0 Å². The van der Waals surface area contributed by atoms with Gasteiger partial charge in [-0.15, -0.1) is 0 Å². The van der Waals surface area contributed by atoms with Crippen LogP contribution in [0, 0.1) is 5.92 Å². The van der Waals surface area contributed by atoms with E-state index in [2.05, 4.69) is 54.5 Å². The second kappa shape index (κ2) is 8.48. The molecule has 0 saturated carbocycles. The van der Waals surface area contributed by atoms with Crippen LogP contribution in [-0.2, 0) is 16.7 Å². The van der Waals surface area contributed by atoms with Gasteiger partial charge in [0.1, 0.15) is 0 Å². The van der Waals surface area contributed by atoms with Gasteiger partial charge in [0, 0.05) is 19.1 Å². The van der Waals surface area contributed by atoms with Gasteiger partial charge in [0.15, 0.2) is 0 Å². The van der Waals surface area contributed by atoms with Crippen LogP contribution in [0.25, 0.3) is 0 Å². The topological polar surface area (TPSA) is 69.6 Å². The van der Waals surface area contributed by atoms with E-state index in [4.69, 9.17) is 4.55 Å². The highest BCUT2D eigenvalue weighted by Crippen LogP contribution is 2.21. The normalized spacial score (nSPS) is 20.7. The molecule has 0 bridgehead atoms. The number of hydrogen-bond donors (Lipinski definition) is 2. The standard InChI is InChI=1S/C14H22N2.CH4O3S/c1-12(15-2)14-8-9-16(11-14)10-13-6-4-3-5-7-13;1-5(2,3)4/h3-7,12,14-15H,8-11H2,1-2H3;1H3,(H,2,3,4)/t12-,14-;/m1./s1. The highest BCUT2D eigenvalue weighted by Gasteiger charge is 2.25. The fourth-order valence-corrected chi connectivity index (χ4v) is 2.49. The van der Waals surface area contributed by atoms with E-state index in [-0.39, 0.29) is 0 Å². The largest absolute Gasteiger partial charge is 0.317 e. The van der Waals surface area contributed by atoms with Crippen LogP contribution in [-0.4, -0.2) is 50.3 Å². The zero-order chi connectivity index (χ0) is 15.9. The Balaban J connectivity index is 0.000000383. The van der Waals surface area contributed by atoms with Crippen LogP contribution in [0.15, 0.2) is 30.3 Å². The lowest BCUT2D eigenvalue weighted by molar-refractivity contribution is 0.301. The van der Waals surface area contributed by atoms with Crippen LogP contribution in [0.1, 0.15) is 18.9 Å². The fraction of sp³-hybridized carbons (Fsp3) is 0.600. The minimum absolute atomic E-state index is 0.640. The molecule has 1 heterocycles. The molecule has 5 nitrogen and oxygen atoms in total. The van der Waals surface area contributed by atoms with Crippen LogP contribution in [0.3, 0.4) is 0 Å². The van der Waals surface area contributed by atoms with Gasteiger partial charge in [-0.1, -0.05) is 30.3 Å². The highest BCUT2D eigenvalue weighted by molar-refractivity contribution is 7.85. The second-order valence-electron chi connectivity index (χ2n) is 5.58. The first-order valence-electron chi connectivity index (χ1n) is 7.15. The molecule has 2 N–H and O–H groups in total. The maximum Gasteiger partial charge on any atom is 0.261 e. The number of nitrogens with zero attached hydrogens (tertiary/aromatic N) is 1. The van der Waals surface area contributed by atoms with Crippen molar-refractivity contribution in [2.45, 2.75) is 25.9 Å².